The fourth-order valence-electron chi connectivity index (χ4n) is 4.67. The molecular weight excluding hydrogens is 558 g/mol. The van der Waals surface area contributed by atoms with E-state index in [0.29, 0.717) is 32.2 Å². The molecule has 1 saturated heterocycles. The molecule has 9 N–H and O–H groups in total. The Hall–Kier alpha value is -3.26. The Kier molecular flexibility index (Phi) is 16.2. The lowest BCUT2D eigenvalue weighted by atomic mass is 10.0. The van der Waals surface area contributed by atoms with Crippen molar-refractivity contribution in [2.45, 2.75) is 129 Å². The van der Waals surface area contributed by atoms with Crippen LogP contribution in [-0.4, -0.2) is 89.4 Å². The molecule has 0 aromatic heterocycles. The van der Waals surface area contributed by atoms with Gasteiger partial charge in [0.15, 0.2) is 0 Å². The molecule has 14 heteroatoms. The van der Waals surface area contributed by atoms with Crippen molar-refractivity contribution in [2.24, 2.45) is 17.6 Å². The maximum absolute atomic E-state index is 13.2. The van der Waals surface area contributed by atoms with Crippen molar-refractivity contribution < 1.29 is 33.9 Å². The Morgan fingerprint density at radius 2 is 1.51 bits per heavy atom. The van der Waals surface area contributed by atoms with E-state index >= 15 is 0 Å². The monoisotopic (exact) mass is 611 g/mol. The second-order valence-electron chi connectivity index (χ2n) is 12.4. The summed E-state index contributed by atoms with van der Waals surface area (Å²) in [5.74, 6) is -3.05. The van der Waals surface area contributed by atoms with Gasteiger partial charge in [-0.25, -0.2) is 0 Å². The molecular formula is C29H53N7O7. The Labute approximate surface area is 254 Å². The molecule has 6 amide bonds. The number of carbonyl (C=O) groups is 6. The highest BCUT2D eigenvalue weighted by atomic mass is 16.3. The van der Waals surface area contributed by atoms with E-state index in [1.54, 1.807) is 0 Å². The lowest BCUT2D eigenvalue weighted by Crippen LogP contribution is -2.60. The molecule has 2 unspecified atom stereocenters. The highest BCUT2D eigenvalue weighted by Crippen LogP contribution is 2.10. The van der Waals surface area contributed by atoms with Crippen LogP contribution in [0.2, 0.25) is 0 Å². The number of nitrogens with one attached hydrogen (secondary N) is 6. The van der Waals surface area contributed by atoms with Crippen molar-refractivity contribution in [2.75, 3.05) is 6.54 Å². The number of rotatable bonds is 18. The molecule has 0 spiro atoms. The third-order valence-electron chi connectivity index (χ3n) is 6.96. The molecule has 43 heavy (non-hydrogen) atoms. The third kappa shape index (κ3) is 13.7. The van der Waals surface area contributed by atoms with E-state index in [4.69, 9.17) is 5.73 Å². The van der Waals surface area contributed by atoms with Crippen LogP contribution in [0.5, 0.6) is 0 Å². The van der Waals surface area contributed by atoms with E-state index in [2.05, 4.69) is 31.9 Å². The second-order valence-corrected chi connectivity index (χ2v) is 12.4. The molecule has 14 nitrogen and oxygen atoms in total. The van der Waals surface area contributed by atoms with Gasteiger partial charge in [-0.1, -0.05) is 27.7 Å². The van der Waals surface area contributed by atoms with E-state index in [1.165, 1.54) is 13.8 Å². The van der Waals surface area contributed by atoms with E-state index < -0.39 is 59.9 Å². The largest absolute Gasteiger partial charge is 0.391 e. The summed E-state index contributed by atoms with van der Waals surface area (Å²) < 4.78 is 0. The number of aliphatic hydroxyl groups is 1. The van der Waals surface area contributed by atoms with Gasteiger partial charge in [0.05, 0.1) is 6.10 Å². The molecule has 1 rings (SSSR count). The second kappa shape index (κ2) is 18.4. The van der Waals surface area contributed by atoms with Crippen LogP contribution < -0.4 is 37.6 Å². The summed E-state index contributed by atoms with van der Waals surface area (Å²) in [4.78, 5) is 76.6. The van der Waals surface area contributed by atoms with Gasteiger partial charge in [-0.05, 0) is 71.3 Å². The van der Waals surface area contributed by atoms with Gasteiger partial charge in [0.2, 0.25) is 35.4 Å². The first-order valence-electron chi connectivity index (χ1n) is 15.2. The number of aliphatic hydroxyl groups excluding tert-OH is 1. The van der Waals surface area contributed by atoms with Gasteiger partial charge in [-0.3, -0.25) is 28.8 Å². The fraction of sp³-hybridized carbons (Fsp3) is 0.793. The van der Waals surface area contributed by atoms with Crippen molar-refractivity contribution in [1.82, 2.24) is 31.9 Å². The van der Waals surface area contributed by atoms with E-state index in [9.17, 15) is 33.9 Å². The zero-order valence-corrected chi connectivity index (χ0v) is 26.6. The van der Waals surface area contributed by atoms with E-state index in [-0.39, 0.29) is 42.5 Å². The van der Waals surface area contributed by atoms with Gasteiger partial charge < -0.3 is 42.7 Å². The van der Waals surface area contributed by atoms with Crippen LogP contribution in [0.25, 0.3) is 0 Å². The third-order valence-corrected chi connectivity index (χ3v) is 6.96. The normalized spacial score (nSPS) is 19.9. The van der Waals surface area contributed by atoms with Gasteiger partial charge in [0.1, 0.15) is 30.2 Å². The van der Waals surface area contributed by atoms with Gasteiger partial charge >= 0.3 is 0 Å². The smallest absolute Gasteiger partial charge is 0.245 e. The van der Waals surface area contributed by atoms with Crippen LogP contribution >= 0.6 is 0 Å². The minimum atomic E-state index is -1.44. The summed E-state index contributed by atoms with van der Waals surface area (Å²) in [6, 6.07) is -5.27. The molecule has 1 fully saturated rings. The lowest BCUT2D eigenvalue weighted by molar-refractivity contribution is -0.136. The van der Waals surface area contributed by atoms with Crippen LogP contribution in [-0.2, 0) is 28.8 Å². The van der Waals surface area contributed by atoms with Crippen molar-refractivity contribution in [1.29, 1.82) is 0 Å². The molecule has 0 saturated carbocycles. The fourth-order valence-corrected chi connectivity index (χ4v) is 4.67. The van der Waals surface area contributed by atoms with Crippen LogP contribution in [0.4, 0.5) is 0 Å². The maximum Gasteiger partial charge on any atom is 0.245 e. The average Bonchev–Trinajstić information content (AvgIpc) is 3.20. The van der Waals surface area contributed by atoms with Gasteiger partial charge in [0, 0.05) is 12.5 Å². The first-order valence-corrected chi connectivity index (χ1v) is 15.2. The number of hydrogen-bond acceptors (Lipinski definition) is 8. The minimum Gasteiger partial charge on any atom is -0.391 e. The highest BCUT2D eigenvalue weighted by Gasteiger charge is 2.35. The Bertz CT molecular complexity index is 973. The van der Waals surface area contributed by atoms with Crippen LogP contribution in [0.1, 0.15) is 87.0 Å². The summed E-state index contributed by atoms with van der Waals surface area (Å²) in [5, 5.41) is 26.1. The van der Waals surface area contributed by atoms with Crippen molar-refractivity contribution >= 4 is 35.4 Å². The Morgan fingerprint density at radius 3 is 2.02 bits per heavy atom. The summed E-state index contributed by atoms with van der Waals surface area (Å²) in [7, 11) is 0. The predicted octanol–water partition coefficient (Wildman–Crippen LogP) is -1.06. The molecule has 0 aromatic carbocycles. The van der Waals surface area contributed by atoms with Crippen molar-refractivity contribution in [3.8, 4) is 0 Å². The number of unbranched alkanes of at least 4 members (excludes halogenated alkanes) is 1. The standard InChI is InChI=1S/C29H53N7O7/c1-15(2)12-21(33-23(38)13-16(3)4)28(42)32-18(6)25(39)36-24(19(7)37)29(43)34-20(10-8-9-11-30)26(40)35-22-14-17(5)31-27(22)41/h15-22,24,37H,8-14,30H2,1-7H3,(H,31,41)(H,32,42)(H,33,38)(H,34,43)(H,35,40)(H,36,39)/t17?,18-,19+,20?,21-,22-,24-/m0/s1. The van der Waals surface area contributed by atoms with Crippen LogP contribution in [0.3, 0.4) is 0 Å². The highest BCUT2D eigenvalue weighted by molar-refractivity contribution is 5.96. The molecule has 0 radical (unpaired) electrons. The summed E-state index contributed by atoms with van der Waals surface area (Å²) >= 11 is 0. The topological polar surface area (TPSA) is 221 Å². The maximum atomic E-state index is 13.2. The molecule has 0 aromatic rings. The molecule has 0 bridgehead atoms. The molecule has 246 valence electrons. The molecule has 1 aliphatic rings. The van der Waals surface area contributed by atoms with Gasteiger partial charge in [-0.15, -0.1) is 0 Å². The van der Waals surface area contributed by atoms with Crippen molar-refractivity contribution in [3.63, 3.8) is 0 Å². The van der Waals surface area contributed by atoms with Crippen molar-refractivity contribution in [3.05, 3.63) is 0 Å². The summed E-state index contributed by atoms with van der Waals surface area (Å²) in [6.45, 7) is 12.5. The average molecular weight is 612 g/mol. The zero-order valence-electron chi connectivity index (χ0n) is 26.6. The van der Waals surface area contributed by atoms with Crippen LogP contribution in [0, 0.1) is 11.8 Å². The predicted molar refractivity (Wildman–Crippen MR) is 161 cm³/mol. The van der Waals surface area contributed by atoms with Gasteiger partial charge in [0.25, 0.3) is 0 Å². The molecule has 1 aliphatic heterocycles. The van der Waals surface area contributed by atoms with E-state index in [1.807, 2.05) is 34.6 Å². The number of hydrogen-bond donors (Lipinski definition) is 8. The minimum absolute atomic E-state index is 0.0870. The quantitative estimate of drug-likeness (QED) is 0.0891. The summed E-state index contributed by atoms with van der Waals surface area (Å²) in [6.07, 6.45) is 1.02. The van der Waals surface area contributed by atoms with Gasteiger partial charge in [-0.2, -0.15) is 0 Å². The molecule has 0 aliphatic carbocycles. The van der Waals surface area contributed by atoms with Crippen LogP contribution in [0.15, 0.2) is 0 Å². The first-order chi connectivity index (χ1) is 20.0. The SMILES string of the molecule is CC(C)CC(=O)N[C@@H](CC(C)C)C(=O)N[C@@H](C)C(=O)N[C@H](C(=O)NC(CCCCN)C(=O)N[C@H]1CC(C)NC1=O)[C@@H](C)O. The first kappa shape index (κ1) is 37.8. The zero-order chi connectivity index (χ0) is 32.9. The number of amides is 6. The Balaban J connectivity index is 2.91. The molecule has 1 heterocycles. The molecule has 7 atom stereocenters. The summed E-state index contributed by atoms with van der Waals surface area (Å²) in [5.41, 5.74) is 5.58. The van der Waals surface area contributed by atoms with E-state index in [0.717, 1.165) is 0 Å². The number of carbonyl (C=O) groups excluding carboxylic acids is 6. The Morgan fingerprint density at radius 1 is 0.860 bits per heavy atom. The lowest BCUT2D eigenvalue weighted by Gasteiger charge is -2.27. The number of nitrogens with two attached hydrogens (primary N) is 1.